The van der Waals surface area contributed by atoms with Crippen LogP contribution in [0.3, 0.4) is 0 Å². The summed E-state index contributed by atoms with van der Waals surface area (Å²) in [6.45, 7) is 3.23. The number of fused-ring (bicyclic) bond motifs is 3. The number of allylic oxidation sites excluding steroid dienone is 1. The second kappa shape index (κ2) is 4.55. The normalized spacial score (nSPS) is 30.0. The lowest BCUT2D eigenvalue weighted by Gasteiger charge is -2.33. The lowest BCUT2D eigenvalue weighted by molar-refractivity contribution is 0.217. The summed E-state index contributed by atoms with van der Waals surface area (Å²) >= 11 is 0. The molecule has 1 aromatic rings. The van der Waals surface area contributed by atoms with Crippen molar-refractivity contribution in [3.8, 4) is 0 Å². The zero-order valence-electron chi connectivity index (χ0n) is 12.1. The lowest BCUT2D eigenvalue weighted by Crippen LogP contribution is -2.38. The highest BCUT2D eigenvalue weighted by molar-refractivity contribution is 7.96. The molecule has 3 aliphatic rings. The molecule has 4 rings (SSSR count). The van der Waals surface area contributed by atoms with Crippen LogP contribution in [0.4, 0.5) is 0 Å². The minimum atomic E-state index is -3.31. The van der Waals surface area contributed by atoms with Gasteiger partial charge in [-0.15, -0.1) is 0 Å². The second-order valence-corrected chi connectivity index (χ2v) is 7.96. The van der Waals surface area contributed by atoms with Crippen molar-refractivity contribution in [3.63, 3.8) is 0 Å². The predicted octanol–water partition coefficient (Wildman–Crippen LogP) is 3.00. The van der Waals surface area contributed by atoms with Gasteiger partial charge in [0, 0.05) is 12.1 Å². The number of hydrogen-bond donors (Lipinski definition) is 0. The predicted molar refractivity (Wildman–Crippen MR) is 83.5 cm³/mol. The molecule has 2 unspecified atom stereocenters. The van der Waals surface area contributed by atoms with Crippen molar-refractivity contribution in [2.45, 2.75) is 43.2 Å². The first-order chi connectivity index (χ1) is 10.1. The highest BCUT2D eigenvalue weighted by Crippen LogP contribution is 2.43. The van der Waals surface area contributed by atoms with Gasteiger partial charge < -0.3 is 0 Å². The fourth-order valence-electron chi connectivity index (χ4n) is 4.04. The molecular weight excluding hydrogens is 282 g/mol. The van der Waals surface area contributed by atoms with Gasteiger partial charge in [-0.05, 0) is 49.1 Å². The summed E-state index contributed by atoms with van der Waals surface area (Å²) in [7, 11) is -3.31. The average Bonchev–Trinajstić information content (AvgIpc) is 2.89. The van der Waals surface area contributed by atoms with E-state index in [-0.39, 0.29) is 0 Å². The molecule has 1 aromatic carbocycles. The molecule has 21 heavy (non-hydrogen) atoms. The van der Waals surface area contributed by atoms with Crippen molar-refractivity contribution in [1.29, 1.82) is 0 Å². The Labute approximate surface area is 125 Å². The molecule has 3 nitrogen and oxygen atoms in total. The maximum atomic E-state index is 12.7. The van der Waals surface area contributed by atoms with Crippen LogP contribution in [-0.4, -0.2) is 31.9 Å². The lowest BCUT2D eigenvalue weighted by atomic mass is 10.00. The Morgan fingerprint density at radius 2 is 2.05 bits per heavy atom. The molecule has 1 fully saturated rings. The molecule has 0 aromatic heterocycles. The summed E-state index contributed by atoms with van der Waals surface area (Å²) in [4.78, 5) is 3.50. The van der Waals surface area contributed by atoms with Crippen molar-refractivity contribution in [1.82, 2.24) is 4.90 Å². The van der Waals surface area contributed by atoms with Crippen LogP contribution in [0.2, 0.25) is 0 Å². The number of nitrogens with zero attached hydrogens (tertiary/aromatic N) is 1. The molecule has 0 aliphatic carbocycles. The Bertz CT molecular complexity index is 761. The number of sulfone groups is 1. The quantitative estimate of drug-likeness (QED) is 0.842. The van der Waals surface area contributed by atoms with Crippen LogP contribution >= 0.6 is 0 Å². The van der Waals surface area contributed by atoms with Gasteiger partial charge in [-0.2, -0.15) is 0 Å². The van der Waals surface area contributed by atoms with E-state index in [0.717, 1.165) is 30.5 Å². The van der Waals surface area contributed by atoms with Crippen LogP contribution in [0.25, 0.3) is 6.08 Å². The molecule has 3 heterocycles. The minimum absolute atomic E-state index is 0.420. The molecule has 2 atom stereocenters. The third-order valence-corrected chi connectivity index (χ3v) is 6.92. The third-order valence-electron chi connectivity index (χ3n) is 5.01. The van der Waals surface area contributed by atoms with Crippen molar-refractivity contribution in [3.05, 3.63) is 46.4 Å². The second-order valence-electron chi connectivity index (χ2n) is 6.07. The Kier molecular flexibility index (Phi) is 2.88. The zero-order chi connectivity index (χ0) is 14.6. The molecular formula is C17H19NO2S. The van der Waals surface area contributed by atoms with Crippen LogP contribution in [0.1, 0.15) is 31.7 Å². The first kappa shape index (κ1) is 13.3. The summed E-state index contributed by atoms with van der Waals surface area (Å²) in [5, 5.41) is 0. The Hall–Kier alpha value is -1.39. The maximum Gasteiger partial charge on any atom is 0.207 e. The molecule has 4 heteroatoms. The van der Waals surface area contributed by atoms with Gasteiger partial charge in [0.1, 0.15) is 0 Å². The molecule has 0 spiro atoms. The molecule has 0 N–H and O–H groups in total. The smallest absolute Gasteiger partial charge is 0.207 e. The van der Waals surface area contributed by atoms with Gasteiger partial charge in [0.2, 0.25) is 9.84 Å². The van der Waals surface area contributed by atoms with E-state index in [1.807, 2.05) is 18.2 Å². The summed E-state index contributed by atoms with van der Waals surface area (Å²) in [5.41, 5.74) is 1.86. The maximum absolute atomic E-state index is 12.7. The van der Waals surface area contributed by atoms with E-state index in [4.69, 9.17) is 0 Å². The molecule has 0 amide bonds. The Morgan fingerprint density at radius 3 is 2.76 bits per heavy atom. The van der Waals surface area contributed by atoms with Crippen LogP contribution in [0.15, 0.2) is 45.7 Å². The van der Waals surface area contributed by atoms with E-state index in [9.17, 15) is 8.42 Å². The zero-order valence-corrected chi connectivity index (χ0v) is 12.9. The molecule has 0 radical (unpaired) electrons. The van der Waals surface area contributed by atoms with Crippen LogP contribution in [-0.2, 0) is 9.84 Å². The van der Waals surface area contributed by atoms with Crippen molar-refractivity contribution >= 4 is 15.9 Å². The monoisotopic (exact) mass is 301 g/mol. The number of benzene rings is 1. The number of rotatable bonds is 2. The van der Waals surface area contributed by atoms with Gasteiger partial charge in [0.15, 0.2) is 0 Å². The summed E-state index contributed by atoms with van der Waals surface area (Å²) in [6, 6.07) is 8.22. The van der Waals surface area contributed by atoms with Crippen LogP contribution in [0, 0.1) is 0 Å². The standard InChI is InChI=1S/C17H19NO2S/c1-2-18-14-7-8-15(18)10-13(9-14)17-11-12-5-3-4-6-16(12)21(17,19)20/h3-6,9,11,14-15H,2,7-8,10H2,1H3. The van der Waals surface area contributed by atoms with Gasteiger partial charge in [0.25, 0.3) is 0 Å². The largest absolute Gasteiger partial charge is 0.294 e. The fraction of sp³-hybridized carbons (Fsp3) is 0.412. The summed E-state index contributed by atoms with van der Waals surface area (Å²) < 4.78 is 25.5. The highest BCUT2D eigenvalue weighted by Gasteiger charge is 2.39. The van der Waals surface area contributed by atoms with Crippen molar-refractivity contribution < 1.29 is 8.42 Å². The van der Waals surface area contributed by atoms with Gasteiger partial charge >= 0.3 is 0 Å². The van der Waals surface area contributed by atoms with Gasteiger partial charge in [-0.1, -0.05) is 31.2 Å². The molecule has 1 saturated heterocycles. The number of likely N-dealkylation sites (N-methyl/N-ethyl adjacent to an activating group) is 1. The van der Waals surface area contributed by atoms with Gasteiger partial charge in [-0.25, -0.2) is 8.42 Å². The van der Waals surface area contributed by atoms with E-state index in [1.54, 1.807) is 12.1 Å². The van der Waals surface area contributed by atoms with Crippen LogP contribution in [0.5, 0.6) is 0 Å². The molecule has 2 bridgehead atoms. The van der Waals surface area contributed by atoms with Crippen molar-refractivity contribution in [2.24, 2.45) is 0 Å². The van der Waals surface area contributed by atoms with Gasteiger partial charge in [-0.3, -0.25) is 4.90 Å². The molecule has 3 aliphatic heterocycles. The van der Waals surface area contributed by atoms with E-state index in [1.165, 1.54) is 6.42 Å². The average molecular weight is 301 g/mol. The Balaban J connectivity index is 1.77. The van der Waals surface area contributed by atoms with E-state index >= 15 is 0 Å². The van der Waals surface area contributed by atoms with Crippen LogP contribution < -0.4 is 0 Å². The van der Waals surface area contributed by atoms with Crippen molar-refractivity contribution in [2.75, 3.05) is 6.54 Å². The summed E-state index contributed by atoms with van der Waals surface area (Å²) in [6.07, 6.45) is 7.25. The van der Waals surface area contributed by atoms with E-state index in [0.29, 0.717) is 21.9 Å². The Morgan fingerprint density at radius 1 is 1.24 bits per heavy atom. The summed E-state index contributed by atoms with van der Waals surface area (Å²) in [5.74, 6) is 0. The van der Waals surface area contributed by atoms with Gasteiger partial charge in [0.05, 0.1) is 9.80 Å². The highest BCUT2D eigenvalue weighted by atomic mass is 32.2. The first-order valence-electron chi connectivity index (χ1n) is 7.64. The topological polar surface area (TPSA) is 37.4 Å². The minimum Gasteiger partial charge on any atom is -0.294 e. The number of hydrogen-bond acceptors (Lipinski definition) is 3. The first-order valence-corrected chi connectivity index (χ1v) is 9.12. The fourth-order valence-corrected chi connectivity index (χ4v) is 5.75. The van der Waals surface area contributed by atoms with E-state index in [2.05, 4.69) is 17.9 Å². The molecule has 110 valence electrons. The SMILES string of the molecule is CCN1C2C=C(C3=Cc4ccccc4S3(=O)=O)CC1CC2. The third kappa shape index (κ3) is 1.86. The molecule has 0 saturated carbocycles. The van der Waals surface area contributed by atoms with E-state index < -0.39 is 9.84 Å².